The topological polar surface area (TPSA) is 9.23 Å². The number of hydrogen-bond donors (Lipinski definition) is 0. The first kappa shape index (κ1) is 26.2. The van der Waals surface area contributed by atoms with Crippen LogP contribution in [0.1, 0.15) is 112 Å². The lowest BCUT2D eigenvalue weighted by Gasteiger charge is -2.61. The van der Waals surface area contributed by atoms with Crippen molar-refractivity contribution in [2.45, 2.75) is 138 Å². The van der Waals surface area contributed by atoms with Gasteiger partial charge >= 0.3 is 0 Å². The van der Waals surface area contributed by atoms with Gasteiger partial charge in [-0.3, -0.25) is 0 Å². The predicted octanol–water partition coefficient (Wildman–Crippen LogP) is 9.57. The maximum absolute atomic E-state index is 6.63. The first-order valence-electron chi connectivity index (χ1n) is 15.0. The van der Waals surface area contributed by atoms with Crippen molar-refractivity contribution in [2.24, 2.45) is 58.2 Å². The molecule has 0 radical (unpaired) electrons. The number of hydrogen-bond acceptors (Lipinski definition) is 1. The molecule has 4 aliphatic rings. The molecule has 192 valence electrons. The van der Waals surface area contributed by atoms with Gasteiger partial charge in [0.05, 0.1) is 0 Å². The summed E-state index contributed by atoms with van der Waals surface area (Å²) in [6.45, 7) is 22.5. The SMILES string of the molecule is CC(C)[C@H](C)CC[C@@H](C)[C@H]1CC[C@H]2[C@@H]3CC[C@H]4C[C@@H](O[Si](C)(C)C)CC[C@]4(C)[C@H]3CC[C@]12C. The third-order valence-electron chi connectivity index (χ3n) is 12.1. The first-order valence-corrected chi connectivity index (χ1v) is 18.4. The van der Waals surface area contributed by atoms with Gasteiger partial charge in [0.1, 0.15) is 0 Å². The second-order valence-corrected chi connectivity index (χ2v) is 19.7. The van der Waals surface area contributed by atoms with Crippen molar-refractivity contribution in [1.82, 2.24) is 0 Å². The summed E-state index contributed by atoms with van der Waals surface area (Å²) in [4.78, 5) is 0. The second kappa shape index (κ2) is 9.57. The Bertz CT molecular complexity index is 666. The quantitative estimate of drug-likeness (QED) is 0.334. The van der Waals surface area contributed by atoms with Crippen LogP contribution in [0.4, 0.5) is 0 Å². The van der Waals surface area contributed by atoms with Gasteiger partial charge in [-0.2, -0.15) is 0 Å². The minimum Gasteiger partial charge on any atom is -0.415 e. The molecule has 4 rings (SSSR count). The van der Waals surface area contributed by atoms with Crippen LogP contribution < -0.4 is 0 Å². The summed E-state index contributed by atoms with van der Waals surface area (Å²) in [5.41, 5.74) is 1.23. The van der Waals surface area contributed by atoms with Crippen LogP contribution in [-0.4, -0.2) is 14.4 Å². The zero-order valence-corrected chi connectivity index (χ0v) is 24.9. The van der Waals surface area contributed by atoms with E-state index in [2.05, 4.69) is 61.2 Å². The van der Waals surface area contributed by atoms with E-state index in [0.717, 1.165) is 47.3 Å². The number of fused-ring (bicyclic) bond motifs is 5. The molecule has 33 heavy (non-hydrogen) atoms. The minimum atomic E-state index is -1.43. The second-order valence-electron chi connectivity index (χ2n) is 15.3. The van der Waals surface area contributed by atoms with Crippen molar-refractivity contribution in [3.8, 4) is 0 Å². The molecule has 0 N–H and O–H groups in total. The highest BCUT2D eigenvalue weighted by Crippen LogP contribution is 2.68. The highest BCUT2D eigenvalue weighted by atomic mass is 28.4. The number of rotatable bonds is 7. The molecular formula is C31H58OSi. The zero-order valence-electron chi connectivity index (χ0n) is 23.9. The van der Waals surface area contributed by atoms with Crippen molar-refractivity contribution < 1.29 is 4.43 Å². The van der Waals surface area contributed by atoms with E-state index in [0.29, 0.717) is 16.9 Å². The summed E-state index contributed by atoms with van der Waals surface area (Å²) in [5, 5.41) is 0. The maximum Gasteiger partial charge on any atom is 0.184 e. The Kier molecular flexibility index (Phi) is 7.61. The van der Waals surface area contributed by atoms with Gasteiger partial charge in [0.25, 0.3) is 0 Å². The van der Waals surface area contributed by atoms with E-state index < -0.39 is 8.32 Å². The van der Waals surface area contributed by atoms with Crippen LogP contribution in [0, 0.1) is 58.2 Å². The van der Waals surface area contributed by atoms with E-state index in [1.807, 2.05) is 0 Å². The van der Waals surface area contributed by atoms with Crippen LogP contribution in [0.15, 0.2) is 0 Å². The molecule has 0 unspecified atom stereocenters. The predicted molar refractivity (Wildman–Crippen MR) is 146 cm³/mol. The third kappa shape index (κ3) is 5.05. The van der Waals surface area contributed by atoms with E-state index >= 15 is 0 Å². The molecule has 0 aromatic heterocycles. The Morgan fingerprint density at radius 2 is 1.45 bits per heavy atom. The fourth-order valence-corrected chi connectivity index (χ4v) is 11.1. The lowest BCUT2D eigenvalue weighted by Crippen LogP contribution is -2.54. The van der Waals surface area contributed by atoms with Crippen LogP contribution in [0.3, 0.4) is 0 Å². The Morgan fingerprint density at radius 1 is 0.788 bits per heavy atom. The summed E-state index contributed by atoms with van der Waals surface area (Å²) in [6, 6.07) is 0. The molecule has 0 saturated heterocycles. The van der Waals surface area contributed by atoms with Crippen molar-refractivity contribution in [1.29, 1.82) is 0 Å². The lowest BCUT2D eigenvalue weighted by atomic mass is 9.44. The van der Waals surface area contributed by atoms with Crippen molar-refractivity contribution in [2.75, 3.05) is 0 Å². The average Bonchev–Trinajstić information content (AvgIpc) is 3.08. The molecule has 10 atom stereocenters. The van der Waals surface area contributed by atoms with E-state index in [4.69, 9.17) is 4.43 Å². The molecule has 4 saturated carbocycles. The lowest BCUT2D eigenvalue weighted by molar-refractivity contribution is -0.127. The summed E-state index contributed by atoms with van der Waals surface area (Å²) in [5.74, 6) is 7.56. The van der Waals surface area contributed by atoms with Crippen molar-refractivity contribution in [3.63, 3.8) is 0 Å². The van der Waals surface area contributed by atoms with Gasteiger partial charge in [-0.25, -0.2) is 0 Å². The highest BCUT2D eigenvalue weighted by Gasteiger charge is 2.60. The molecule has 0 aliphatic heterocycles. The Balaban J connectivity index is 1.42. The fourth-order valence-electron chi connectivity index (χ4n) is 9.86. The van der Waals surface area contributed by atoms with Crippen LogP contribution >= 0.6 is 0 Å². The first-order chi connectivity index (χ1) is 15.3. The Hall–Kier alpha value is 0.177. The van der Waals surface area contributed by atoms with Gasteiger partial charge in [-0.05, 0) is 136 Å². The monoisotopic (exact) mass is 474 g/mol. The van der Waals surface area contributed by atoms with Gasteiger partial charge in [0.2, 0.25) is 0 Å². The average molecular weight is 475 g/mol. The molecule has 0 heterocycles. The summed E-state index contributed by atoms with van der Waals surface area (Å²) in [7, 11) is -1.43. The largest absolute Gasteiger partial charge is 0.415 e. The molecule has 0 amide bonds. The summed E-state index contributed by atoms with van der Waals surface area (Å²) >= 11 is 0. The van der Waals surface area contributed by atoms with Crippen LogP contribution in [0.2, 0.25) is 19.6 Å². The van der Waals surface area contributed by atoms with Crippen LogP contribution in [-0.2, 0) is 4.43 Å². The maximum atomic E-state index is 6.63. The fraction of sp³-hybridized carbons (Fsp3) is 1.00. The van der Waals surface area contributed by atoms with Gasteiger partial charge in [-0.1, -0.05) is 54.4 Å². The molecule has 0 bridgehead atoms. The smallest absolute Gasteiger partial charge is 0.184 e. The molecule has 1 nitrogen and oxygen atoms in total. The van der Waals surface area contributed by atoms with Gasteiger partial charge in [0, 0.05) is 6.10 Å². The molecule has 0 aromatic rings. The van der Waals surface area contributed by atoms with Gasteiger partial charge in [-0.15, -0.1) is 0 Å². The summed E-state index contributed by atoms with van der Waals surface area (Å²) < 4.78 is 6.63. The molecule has 2 heteroatoms. The normalized spacial score (nSPS) is 45.3. The Labute approximate surface area is 208 Å². The van der Waals surface area contributed by atoms with Gasteiger partial charge in [0.15, 0.2) is 8.32 Å². The Morgan fingerprint density at radius 3 is 2.12 bits per heavy atom. The highest BCUT2D eigenvalue weighted by molar-refractivity contribution is 6.69. The molecular weight excluding hydrogens is 416 g/mol. The molecule has 4 aliphatic carbocycles. The van der Waals surface area contributed by atoms with Crippen LogP contribution in [0.5, 0.6) is 0 Å². The standard InChI is InChI=1S/C31H58OSi/c1-21(2)22(3)10-11-23(4)27-14-15-28-26-13-12-24-20-25(32-33(7,8)9)16-18-30(24,5)29(26)17-19-31(27,28)6/h21-29H,10-20H2,1-9H3/t22-,23-,24+,25+,26+,27-,28+,29+,30+,31-/m1/s1. The van der Waals surface area contributed by atoms with E-state index in [-0.39, 0.29) is 0 Å². The molecule has 0 aromatic carbocycles. The zero-order chi connectivity index (χ0) is 24.2. The van der Waals surface area contributed by atoms with E-state index in [1.54, 1.807) is 0 Å². The molecule has 4 fully saturated rings. The van der Waals surface area contributed by atoms with Crippen LogP contribution in [0.25, 0.3) is 0 Å². The minimum absolute atomic E-state index is 0.560. The van der Waals surface area contributed by atoms with E-state index in [9.17, 15) is 0 Å². The third-order valence-corrected chi connectivity index (χ3v) is 13.2. The summed E-state index contributed by atoms with van der Waals surface area (Å²) in [6.07, 6.45) is 16.7. The van der Waals surface area contributed by atoms with E-state index in [1.165, 1.54) is 70.6 Å². The molecule has 0 spiro atoms. The van der Waals surface area contributed by atoms with Crippen molar-refractivity contribution >= 4 is 8.32 Å². The van der Waals surface area contributed by atoms with Gasteiger partial charge < -0.3 is 4.43 Å². The van der Waals surface area contributed by atoms with Crippen molar-refractivity contribution in [3.05, 3.63) is 0 Å².